The summed E-state index contributed by atoms with van der Waals surface area (Å²) in [7, 11) is 1.67. The molecule has 0 saturated heterocycles. The Labute approximate surface area is 132 Å². The van der Waals surface area contributed by atoms with Gasteiger partial charge in [-0.2, -0.15) is 0 Å². The Morgan fingerprint density at radius 3 is 2.70 bits per heavy atom. The molecule has 1 aromatic carbocycles. The molecule has 0 amide bonds. The second-order valence-corrected chi connectivity index (χ2v) is 6.57. The number of benzene rings is 1. The average Bonchev–Trinajstić information content (AvgIpc) is 2.46. The summed E-state index contributed by atoms with van der Waals surface area (Å²) >= 11 is 5.06. The number of ether oxygens (including phenoxy) is 1. The molecule has 0 radical (unpaired) electrons. The molecule has 0 aliphatic rings. The molecule has 20 heavy (non-hydrogen) atoms. The molecule has 2 N–H and O–H groups in total. The van der Waals surface area contributed by atoms with Crippen LogP contribution in [0.5, 0.6) is 5.75 Å². The zero-order chi connectivity index (χ0) is 14.5. The minimum atomic E-state index is 0.0116. The van der Waals surface area contributed by atoms with Gasteiger partial charge in [-0.05, 0) is 52.7 Å². The summed E-state index contributed by atoms with van der Waals surface area (Å²) in [6.45, 7) is 2.01. The lowest BCUT2D eigenvalue weighted by Gasteiger charge is -2.20. The van der Waals surface area contributed by atoms with Crippen molar-refractivity contribution in [2.75, 3.05) is 7.11 Å². The number of aromatic nitrogens is 1. The molecule has 1 heterocycles. The molecule has 0 aliphatic heterocycles. The molecule has 2 atom stereocenters. The van der Waals surface area contributed by atoms with Crippen LogP contribution in [-0.4, -0.2) is 18.1 Å². The average molecular weight is 353 g/mol. The Balaban J connectivity index is 2.24. The van der Waals surface area contributed by atoms with Crippen molar-refractivity contribution in [3.05, 3.63) is 52.6 Å². The van der Waals surface area contributed by atoms with Gasteiger partial charge in [0.25, 0.3) is 0 Å². The smallest absolute Gasteiger partial charge is 0.119 e. The maximum atomic E-state index is 6.14. The van der Waals surface area contributed by atoms with Crippen LogP contribution in [0.15, 0.2) is 52.1 Å². The van der Waals surface area contributed by atoms with E-state index >= 15 is 0 Å². The molecule has 0 fully saturated rings. The van der Waals surface area contributed by atoms with E-state index in [0.29, 0.717) is 0 Å². The molecule has 2 rings (SSSR count). The largest absolute Gasteiger partial charge is 0.497 e. The summed E-state index contributed by atoms with van der Waals surface area (Å²) in [4.78, 5) is 4.40. The molecule has 2 unspecified atom stereocenters. The Morgan fingerprint density at radius 1 is 1.30 bits per heavy atom. The van der Waals surface area contributed by atoms with E-state index in [1.807, 2.05) is 37.3 Å². The quantitative estimate of drug-likeness (QED) is 0.825. The van der Waals surface area contributed by atoms with Crippen LogP contribution in [0.3, 0.4) is 0 Å². The first kappa shape index (κ1) is 15.4. The molecule has 1 aromatic heterocycles. The van der Waals surface area contributed by atoms with Crippen LogP contribution in [0.1, 0.15) is 17.7 Å². The molecule has 3 nitrogen and oxygen atoms in total. The molecule has 0 aliphatic carbocycles. The lowest BCUT2D eigenvalue weighted by atomic mass is 10.1. The fraction of sp³-hybridized carbons (Fsp3) is 0.267. The van der Waals surface area contributed by atoms with E-state index in [-0.39, 0.29) is 11.3 Å². The number of rotatable bonds is 5. The molecular formula is C15H17BrN2OS. The predicted molar refractivity (Wildman–Crippen MR) is 87.2 cm³/mol. The topological polar surface area (TPSA) is 48.1 Å². The van der Waals surface area contributed by atoms with E-state index in [2.05, 4.69) is 27.0 Å². The van der Waals surface area contributed by atoms with Crippen molar-refractivity contribution in [1.82, 2.24) is 4.98 Å². The minimum absolute atomic E-state index is 0.0116. The second kappa shape index (κ2) is 7.11. The van der Waals surface area contributed by atoms with Crippen LogP contribution >= 0.6 is 27.7 Å². The van der Waals surface area contributed by atoms with Crippen LogP contribution in [-0.2, 0) is 0 Å². The zero-order valence-electron chi connectivity index (χ0n) is 11.4. The predicted octanol–water partition coefficient (Wildman–Crippen LogP) is 4.03. The van der Waals surface area contributed by atoms with E-state index in [1.54, 1.807) is 25.1 Å². The molecule has 0 spiro atoms. The van der Waals surface area contributed by atoms with Crippen molar-refractivity contribution in [1.29, 1.82) is 0 Å². The van der Waals surface area contributed by atoms with Crippen LogP contribution in [0.25, 0.3) is 0 Å². The molecule has 2 aromatic rings. The van der Waals surface area contributed by atoms with Crippen molar-refractivity contribution >= 4 is 27.7 Å². The van der Waals surface area contributed by atoms with E-state index in [0.717, 1.165) is 20.8 Å². The number of thioether (sulfide) groups is 1. The van der Waals surface area contributed by atoms with Gasteiger partial charge >= 0.3 is 0 Å². The third-order valence-corrected chi connectivity index (χ3v) is 4.76. The van der Waals surface area contributed by atoms with Crippen molar-refractivity contribution in [3.8, 4) is 5.75 Å². The maximum Gasteiger partial charge on any atom is 0.119 e. The normalized spacial score (nSPS) is 13.8. The van der Waals surface area contributed by atoms with Crippen LogP contribution in [0, 0.1) is 0 Å². The molecule has 106 valence electrons. The van der Waals surface area contributed by atoms with Gasteiger partial charge in [-0.15, -0.1) is 0 Å². The summed E-state index contributed by atoms with van der Waals surface area (Å²) in [6, 6.07) is 12.0. The highest BCUT2D eigenvalue weighted by Gasteiger charge is 2.19. The van der Waals surface area contributed by atoms with E-state index in [4.69, 9.17) is 10.5 Å². The summed E-state index contributed by atoms with van der Waals surface area (Å²) in [5.41, 5.74) is 7.29. The Kier molecular flexibility index (Phi) is 5.46. The highest BCUT2D eigenvalue weighted by molar-refractivity contribution is 9.10. The number of halogens is 1. The monoisotopic (exact) mass is 352 g/mol. The fourth-order valence-electron chi connectivity index (χ4n) is 1.86. The van der Waals surface area contributed by atoms with Gasteiger partial charge in [-0.3, -0.25) is 0 Å². The fourth-order valence-corrected chi connectivity index (χ4v) is 3.11. The van der Waals surface area contributed by atoms with E-state index in [1.165, 1.54) is 0 Å². The number of hydrogen-bond acceptors (Lipinski definition) is 4. The van der Waals surface area contributed by atoms with Crippen LogP contribution < -0.4 is 10.5 Å². The first-order valence-electron chi connectivity index (χ1n) is 6.28. The number of nitrogens with two attached hydrogens (primary N) is 1. The summed E-state index contributed by atoms with van der Waals surface area (Å²) < 4.78 is 6.25. The second-order valence-electron chi connectivity index (χ2n) is 4.49. The maximum absolute atomic E-state index is 6.14. The third kappa shape index (κ3) is 3.98. The van der Waals surface area contributed by atoms with Gasteiger partial charge in [0.15, 0.2) is 0 Å². The highest BCUT2D eigenvalue weighted by atomic mass is 79.9. The first-order valence-corrected chi connectivity index (χ1v) is 7.95. The van der Waals surface area contributed by atoms with Crippen LogP contribution in [0.4, 0.5) is 0 Å². The van der Waals surface area contributed by atoms with Crippen LogP contribution in [0.2, 0.25) is 0 Å². The first-order chi connectivity index (χ1) is 9.60. The van der Waals surface area contributed by atoms with Gasteiger partial charge in [0, 0.05) is 16.7 Å². The lowest BCUT2D eigenvalue weighted by Crippen LogP contribution is -2.22. The molecule has 0 saturated carbocycles. The van der Waals surface area contributed by atoms with E-state index in [9.17, 15) is 0 Å². The Morgan fingerprint density at radius 2 is 2.10 bits per heavy atom. The number of methoxy groups -OCH3 is 1. The zero-order valence-corrected chi connectivity index (χ0v) is 13.8. The van der Waals surface area contributed by atoms with Crippen molar-refractivity contribution < 1.29 is 4.74 Å². The number of pyridine rings is 1. The van der Waals surface area contributed by atoms with Gasteiger partial charge in [0.2, 0.25) is 0 Å². The molecule has 0 bridgehead atoms. The molecule has 5 heteroatoms. The molecular weight excluding hydrogens is 336 g/mol. The summed E-state index contributed by atoms with van der Waals surface area (Å²) in [6.07, 6.45) is 1.80. The SMILES string of the molecule is COc1cccc(C(Sc2ccc(Br)cn2)C(C)N)c1. The van der Waals surface area contributed by atoms with Gasteiger partial charge < -0.3 is 10.5 Å². The van der Waals surface area contributed by atoms with E-state index < -0.39 is 0 Å². The summed E-state index contributed by atoms with van der Waals surface area (Å²) in [5, 5.41) is 1.09. The van der Waals surface area contributed by atoms with Gasteiger partial charge in [0.05, 0.1) is 17.4 Å². The van der Waals surface area contributed by atoms with Crippen molar-refractivity contribution in [3.63, 3.8) is 0 Å². The Bertz CT molecular complexity index is 560. The van der Waals surface area contributed by atoms with Crippen molar-refractivity contribution in [2.45, 2.75) is 23.2 Å². The minimum Gasteiger partial charge on any atom is -0.497 e. The lowest BCUT2D eigenvalue weighted by molar-refractivity contribution is 0.414. The number of nitrogens with zero attached hydrogens (tertiary/aromatic N) is 1. The standard InChI is InChI=1S/C15H17BrN2OS/c1-10(17)15(11-4-3-5-13(8-11)19-2)20-14-7-6-12(16)9-18-14/h3-10,15H,17H2,1-2H3. The number of hydrogen-bond donors (Lipinski definition) is 1. The van der Waals surface area contributed by atoms with Crippen molar-refractivity contribution in [2.24, 2.45) is 5.73 Å². The van der Waals surface area contributed by atoms with Gasteiger partial charge in [-0.1, -0.05) is 23.9 Å². The highest BCUT2D eigenvalue weighted by Crippen LogP contribution is 2.37. The summed E-state index contributed by atoms with van der Waals surface area (Å²) in [5.74, 6) is 0.845. The third-order valence-electron chi connectivity index (χ3n) is 2.85. The van der Waals surface area contributed by atoms with Gasteiger partial charge in [-0.25, -0.2) is 4.98 Å². The Hall–Kier alpha value is -1.04. The van der Waals surface area contributed by atoms with Gasteiger partial charge in [0.1, 0.15) is 5.75 Å².